The minimum atomic E-state index is -0.419. The van der Waals surface area contributed by atoms with Crippen molar-refractivity contribution < 1.29 is 13.9 Å². The molecule has 1 aromatic rings. The molecule has 1 fully saturated rings. The van der Waals surface area contributed by atoms with Crippen molar-refractivity contribution in [1.29, 1.82) is 0 Å². The first-order valence-electron chi connectivity index (χ1n) is 6.56. The van der Waals surface area contributed by atoms with E-state index in [1.807, 2.05) is 0 Å². The fourth-order valence-corrected chi connectivity index (χ4v) is 2.31. The highest BCUT2D eigenvalue weighted by atomic mass is 19.1. The van der Waals surface area contributed by atoms with E-state index in [-0.39, 0.29) is 17.8 Å². The molecule has 104 valence electrons. The lowest BCUT2D eigenvalue weighted by Gasteiger charge is -2.13. The summed E-state index contributed by atoms with van der Waals surface area (Å²) in [4.78, 5) is 11.6. The molecule has 1 aliphatic rings. The molecule has 19 heavy (non-hydrogen) atoms. The maximum Gasteiger partial charge on any atom is 0.315 e. The van der Waals surface area contributed by atoms with E-state index in [2.05, 4.69) is 10.6 Å². The highest BCUT2D eigenvalue weighted by molar-refractivity contribution is 5.74. The predicted octanol–water partition coefficient (Wildman–Crippen LogP) is 2.58. The molecule has 1 aliphatic carbocycles. The topological polar surface area (TPSA) is 50.4 Å². The quantitative estimate of drug-likeness (QED) is 0.880. The number of hydrogen-bond donors (Lipinski definition) is 2. The number of rotatable bonds is 4. The summed E-state index contributed by atoms with van der Waals surface area (Å²) >= 11 is 0. The van der Waals surface area contributed by atoms with Crippen molar-refractivity contribution in [2.24, 2.45) is 0 Å². The smallest absolute Gasteiger partial charge is 0.315 e. The van der Waals surface area contributed by atoms with Gasteiger partial charge in [-0.15, -0.1) is 0 Å². The van der Waals surface area contributed by atoms with E-state index >= 15 is 0 Å². The van der Waals surface area contributed by atoms with Crippen LogP contribution in [0, 0.1) is 5.82 Å². The number of methoxy groups -OCH3 is 1. The zero-order chi connectivity index (χ0) is 13.7. The number of hydrogen-bond acceptors (Lipinski definition) is 2. The molecule has 0 aliphatic heterocycles. The predicted molar refractivity (Wildman–Crippen MR) is 70.6 cm³/mol. The first-order chi connectivity index (χ1) is 9.19. The molecule has 2 rings (SSSR count). The molecular formula is C14H19FN2O2. The van der Waals surface area contributed by atoms with Crippen molar-refractivity contribution in [3.05, 3.63) is 29.6 Å². The van der Waals surface area contributed by atoms with Crippen LogP contribution < -0.4 is 15.4 Å². The van der Waals surface area contributed by atoms with Crippen LogP contribution in [0.1, 0.15) is 31.2 Å². The molecule has 0 unspecified atom stereocenters. The van der Waals surface area contributed by atoms with Gasteiger partial charge in [0.1, 0.15) is 0 Å². The largest absolute Gasteiger partial charge is 0.494 e. The van der Waals surface area contributed by atoms with Crippen LogP contribution in [0.2, 0.25) is 0 Å². The maximum absolute atomic E-state index is 13.4. The van der Waals surface area contributed by atoms with Crippen molar-refractivity contribution >= 4 is 6.03 Å². The van der Waals surface area contributed by atoms with Crippen molar-refractivity contribution in [1.82, 2.24) is 10.6 Å². The lowest BCUT2D eigenvalue weighted by Crippen LogP contribution is -2.40. The number of halogens is 1. The van der Waals surface area contributed by atoms with Gasteiger partial charge in [-0.25, -0.2) is 9.18 Å². The Kier molecular flexibility index (Phi) is 4.60. The number of carbonyl (C=O) groups excluding carboxylic acids is 1. The summed E-state index contributed by atoms with van der Waals surface area (Å²) in [6.45, 7) is 0.305. The van der Waals surface area contributed by atoms with Gasteiger partial charge in [0.25, 0.3) is 0 Å². The minimum absolute atomic E-state index is 0.192. The highest BCUT2D eigenvalue weighted by Crippen LogP contribution is 2.18. The van der Waals surface area contributed by atoms with Crippen molar-refractivity contribution in [2.75, 3.05) is 7.11 Å². The average Bonchev–Trinajstić information content (AvgIpc) is 2.89. The molecule has 4 nitrogen and oxygen atoms in total. The molecular weight excluding hydrogens is 247 g/mol. The van der Waals surface area contributed by atoms with Crippen LogP contribution in [-0.4, -0.2) is 19.2 Å². The molecule has 0 radical (unpaired) electrons. The van der Waals surface area contributed by atoms with Crippen LogP contribution in [0.5, 0.6) is 5.75 Å². The van der Waals surface area contributed by atoms with Gasteiger partial charge in [0, 0.05) is 12.6 Å². The number of ether oxygens (including phenoxy) is 1. The first kappa shape index (κ1) is 13.6. The minimum Gasteiger partial charge on any atom is -0.494 e. The Morgan fingerprint density at radius 1 is 1.42 bits per heavy atom. The Hall–Kier alpha value is -1.78. The molecule has 5 heteroatoms. The Morgan fingerprint density at radius 2 is 2.16 bits per heavy atom. The first-order valence-corrected chi connectivity index (χ1v) is 6.56. The van der Waals surface area contributed by atoms with Gasteiger partial charge in [-0.05, 0) is 30.5 Å². The molecule has 2 N–H and O–H groups in total. The van der Waals surface area contributed by atoms with E-state index in [1.165, 1.54) is 26.0 Å². The zero-order valence-electron chi connectivity index (χ0n) is 11.0. The Balaban J connectivity index is 1.81. The van der Waals surface area contributed by atoms with Crippen LogP contribution in [0.25, 0.3) is 0 Å². The van der Waals surface area contributed by atoms with Gasteiger partial charge in [0.05, 0.1) is 7.11 Å². The van der Waals surface area contributed by atoms with E-state index in [4.69, 9.17) is 4.74 Å². The van der Waals surface area contributed by atoms with E-state index in [1.54, 1.807) is 12.1 Å². The second-order valence-corrected chi connectivity index (χ2v) is 4.78. The average molecular weight is 266 g/mol. The Bertz CT molecular complexity index is 445. The lowest BCUT2D eigenvalue weighted by molar-refractivity contribution is 0.236. The molecule has 0 saturated heterocycles. The summed E-state index contributed by atoms with van der Waals surface area (Å²) in [7, 11) is 1.42. The summed E-state index contributed by atoms with van der Waals surface area (Å²) in [5.41, 5.74) is 0.708. The molecule has 0 spiro atoms. The van der Waals surface area contributed by atoms with Crippen molar-refractivity contribution in [3.8, 4) is 5.75 Å². The monoisotopic (exact) mass is 266 g/mol. The number of benzene rings is 1. The Labute approximate surface area is 112 Å². The number of amides is 2. The fraction of sp³-hybridized carbons (Fsp3) is 0.500. The van der Waals surface area contributed by atoms with Gasteiger partial charge in [-0.2, -0.15) is 0 Å². The maximum atomic E-state index is 13.4. The van der Waals surface area contributed by atoms with Gasteiger partial charge >= 0.3 is 6.03 Å². The molecule has 0 atom stereocenters. The lowest BCUT2D eigenvalue weighted by atomic mass is 10.2. The fourth-order valence-electron chi connectivity index (χ4n) is 2.31. The Morgan fingerprint density at radius 3 is 2.79 bits per heavy atom. The molecule has 0 bridgehead atoms. The second kappa shape index (κ2) is 6.41. The highest BCUT2D eigenvalue weighted by Gasteiger charge is 2.16. The van der Waals surface area contributed by atoms with Crippen molar-refractivity contribution in [2.45, 2.75) is 38.3 Å². The van der Waals surface area contributed by atoms with Gasteiger partial charge in [-0.3, -0.25) is 0 Å². The molecule has 0 heterocycles. The van der Waals surface area contributed by atoms with E-state index in [0.29, 0.717) is 12.1 Å². The summed E-state index contributed by atoms with van der Waals surface area (Å²) in [6, 6.07) is 4.75. The van der Waals surface area contributed by atoms with E-state index in [0.717, 1.165) is 12.8 Å². The molecule has 1 aromatic carbocycles. The van der Waals surface area contributed by atoms with Gasteiger partial charge in [0.2, 0.25) is 0 Å². The van der Waals surface area contributed by atoms with E-state index in [9.17, 15) is 9.18 Å². The summed E-state index contributed by atoms with van der Waals surface area (Å²) in [6.07, 6.45) is 4.44. The van der Waals surface area contributed by atoms with Gasteiger partial charge in [-0.1, -0.05) is 18.9 Å². The standard InChI is InChI=1S/C14H19FN2O2/c1-19-13-7-6-10(8-12(13)15)9-16-14(18)17-11-4-2-3-5-11/h6-8,11H,2-5,9H2,1H3,(H2,16,17,18). The van der Waals surface area contributed by atoms with Crippen LogP contribution in [0.3, 0.4) is 0 Å². The zero-order valence-corrected chi connectivity index (χ0v) is 11.0. The SMILES string of the molecule is COc1ccc(CNC(=O)NC2CCCC2)cc1F. The third-order valence-electron chi connectivity index (χ3n) is 3.36. The summed E-state index contributed by atoms with van der Waals surface area (Å²) in [5, 5.41) is 5.65. The number of carbonyl (C=O) groups is 1. The molecule has 1 saturated carbocycles. The summed E-state index contributed by atoms with van der Waals surface area (Å²) in [5.74, 6) is -0.211. The van der Waals surface area contributed by atoms with Crippen LogP contribution in [-0.2, 0) is 6.54 Å². The molecule has 2 amide bonds. The normalized spacial score (nSPS) is 15.3. The van der Waals surface area contributed by atoms with Gasteiger partial charge < -0.3 is 15.4 Å². The third-order valence-corrected chi connectivity index (χ3v) is 3.36. The van der Waals surface area contributed by atoms with Crippen LogP contribution in [0.15, 0.2) is 18.2 Å². The number of urea groups is 1. The van der Waals surface area contributed by atoms with Gasteiger partial charge in [0.15, 0.2) is 11.6 Å². The van der Waals surface area contributed by atoms with Crippen molar-refractivity contribution in [3.63, 3.8) is 0 Å². The second-order valence-electron chi connectivity index (χ2n) is 4.78. The number of nitrogens with one attached hydrogen (secondary N) is 2. The van der Waals surface area contributed by atoms with Crippen LogP contribution in [0.4, 0.5) is 9.18 Å². The van der Waals surface area contributed by atoms with Crippen LogP contribution >= 0.6 is 0 Å². The third kappa shape index (κ3) is 3.84. The van der Waals surface area contributed by atoms with E-state index < -0.39 is 5.82 Å². The summed E-state index contributed by atoms with van der Waals surface area (Å²) < 4.78 is 18.3. The molecule has 0 aromatic heterocycles.